The van der Waals surface area contributed by atoms with Crippen molar-refractivity contribution in [1.29, 1.82) is 5.26 Å². The van der Waals surface area contributed by atoms with Crippen LogP contribution >= 0.6 is 0 Å². The van der Waals surface area contributed by atoms with E-state index in [-0.39, 0.29) is 17.9 Å². The molecule has 0 saturated heterocycles. The third-order valence-corrected chi connectivity index (χ3v) is 4.14. The van der Waals surface area contributed by atoms with Crippen LogP contribution in [0.25, 0.3) is 0 Å². The Balaban J connectivity index is 3.24. The first kappa shape index (κ1) is 16.9. The van der Waals surface area contributed by atoms with E-state index in [0.29, 0.717) is 5.92 Å². The van der Waals surface area contributed by atoms with Crippen molar-refractivity contribution < 1.29 is 4.79 Å². The van der Waals surface area contributed by atoms with Crippen molar-refractivity contribution in [1.82, 2.24) is 4.90 Å². The standard InChI is InChI=1S/C17H28N2O/c1-12-10-17(6,7)11-14(13(12)2)19(9-8-18)15(20)16(3,4)5/h12H,9-11H2,1-7H3/q+1. The van der Waals surface area contributed by atoms with Crippen molar-refractivity contribution in [3.63, 3.8) is 0 Å². The number of rotatable bonds is 2. The van der Waals surface area contributed by atoms with E-state index < -0.39 is 5.41 Å². The fourth-order valence-corrected chi connectivity index (χ4v) is 3.00. The highest BCUT2D eigenvalue weighted by molar-refractivity contribution is 5.86. The van der Waals surface area contributed by atoms with Gasteiger partial charge in [-0.2, -0.15) is 5.26 Å². The van der Waals surface area contributed by atoms with Crippen molar-refractivity contribution in [2.24, 2.45) is 16.7 Å². The number of hydrogen-bond acceptors (Lipinski definition) is 2. The molecule has 1 radical (unpaired) electrons. The van der Waals surface area contributed by atoms with Gasteiger partial charge in [-0.15, -0.1) is 0 Å². The Labute approximate surface area is 123 Å². The van der Waals surface area contributed by atoms with Gasteiger partial charge in [-0.3, -0.25) is 0 Å². The minimum Gasteiger partial charge on any atom is -0.224 e. The molecule has 1 aliphatic carbocycles. The van der Waals surface area contributed by atoms with E-state index in [9.17, 15) is 4.79 Å². The summed E-state index contributed by atoms with van der Waals surface area (Å²) >= 11 is 0. The molecule has 0 saturated carbocycles. The van der Waals surface area contributed by atoms with Crippen LogP contribution in [0.15, 0.2) is 11.3 Å². The number of nitriles is 1. The van der Waals surface area contributed by atoms with Crippen LogP contribution in [0.5, 0.6) is 0 Å². The molecule has 20 heavy (non-hydrogen) atoms. The summed E-state index contributed by atoms with van der Waals surface area (Å²) in [6, 6.07) is 2.15. The predicted molar refractivity (Wildman–Crippen MR) is 82.0 cm³/mol. The van der Waals surface area contributed by atoms with Crippen LogP contribution in [0.3, 0.4) is 0 Å². The molecule has 111 valence electrons. The van der Waals surface area contributed by atoms with Gasteiger partial charge in [0, 0.05) is 6.42 Å². The summed E-state index contributed by atoms with van der Waals surface area (Å²) in [7, 11) is 0. The summed E-state index contributed by atoms with van der Waals surface area (Å²) in [5.74, 6) is 0.501. The lowest BCUT2D eigenvalue weighted by atomic mass is 9.71. The fourth-order valence-electron chi connectivity index (χ4n) is 3.00. The lowest BCUT2D eigenvalue weighted by molar-refractivity contribution is -0.132. The molecule has 0 heterocycles. The summed E-state index contributed by atoms with van der Waals surface area (Å²) < 4.78 is 0. The van der Waals surface area contributed by atoms with Gasteiger partial charge in [0.25, 0.3) is 0 Å². The molecule has 0 N–H and O–H groups in total. The average Bonchev–Trinajstić information content (AvgIpc) is 2.28. The molecule has 0 bridgehead atoms. The molecule has 0 aliphatic heterocycles. The third-order valence-electron chi connectivity index (χ3n) is 4.14. The van der Waals surface area contributed by atoms with Gasteiger partial charge in [0.05, 0.1) is 5.41 Å². The second-order valence-corrected chi connectivity index (χ2v) is 7.88. The Bertz CT molecular complexity index is 460. The van der Waals surface area contributed by atoms with E-state index in [4.69, 9.17) is 5.26 Å². The van der Waals surface area contributed by atoms with Gasteiger partial charge < -0.3 is 0 Å². The van der Waals surface area contributed by atoms with Crippen LogP contribution in [-0.2, 0) is 4.79 Å². The Kier molecular flexibility index (Phi) is 4.82. The molecule has 1 aliphatic rings. The van der Waals surface area contributed by atoms with Crippen LogP contribution in [0, 0.1) is 28.1 Å². The quantitative estimate of drug-likeness (QED) is 0.566. The monoisotopic (exact) mass is 276 g/mol. The molecule has 1 atom stereocenters. The second-order valence-electron chi connectivity index (χ2n) is 7.88. The summed E-state index contributed by atoms with van der Waals surface area (Å²) in [5.41, 5.74) is 2.04. The van der Waals surface area contributed by atoms with Gasteiger partial charge in [-0.25, -0.2) is 4.79 Å². The maximum atomic E-state index is 12.7. The second kappa shape index (κ2) is 5.69. The lowest BCUT2D eigenvalue weighted by Crippen LogP contribution is -2.46. The highest BCUT2D eigenvalue weighted by Crippen LogP contribution is 2.42. The van der Waals surface area contributed by atoms with Crippen molar-refractivity contribution in [3.05, 3.63) is 11.3 Å². The van der Waals surface area contributed by atoms with Crippen molar-refractivity contribution in [2.75, 3.05) is 6.54 Å². The van der Waals surface area contributed by atoms with Crippen molar-refractivity contribution in [2.45, 2.75) is 61.3 Å². The van der Waals surface area contributed by atoms with Crippen LogP contribution in [-0.4, -0.2) is 12.5 Å². The van der Waals surface area contributed by atoms with Crippen molar-refractivity contribution >= 4 is 5.91 Å². The summed E-state index contributed by atoms with van der Waals surface area (Å²) in [6.07, 6.45) is 2.00. The van der Waals surface area contributed by atoms with Crippen molar-refractivity contribution in [3.8, 4) is 6.07 Å². The summed E-state index contributed by atoms with van der Waals surface area (Å²) in [5, 5.41) is 9.10. The Hall–Kier alpha value is -1.14. The van der Waals surface area contributed by atoms with Crippen LogP contribution < -0.4 is 4.90 Å². The molecule has 1 amide bonds. The van der Waals surface area contributed by atoms with Gasteiger partial charge in [0.15, 0.2) is 5.70 Å². The first-order valence-electron chi connectivity index (χ1n) is 7.38. The molecular weight excluding hydrogens is 248 g/mol. The first-order valence-corrected chi connectivity index (χ1v) is 7.38. The highest BCUT2D eigenvalue weighted by Gasteiger charge is 2.45. The highest BCUT2D eigenvalue weighted by atomic mass is 16.2. The maximum Gasteiger partial charge on any atom is 0.372 e. The zero-order valence-corrected chi connectivity index (χ0v) is 14.0. The number of amides is 1. The molecule has 0 spiro atoms. The molecule has 1 unspecified atom stereocenters. The molecule has 0 aromatic rings. The van der Waals surface area contributed by atoms with Gasteiger partial charge >= 0.3 is 5.91 Å². The number of carbonyl (C=O) groups excluding carboxylic acids is 1. The van der Waals surface area contributed by atoms with Crippen LogP contribution in [0.1, 0.15) is 61.3 Å². The number of allylic oxidation sites excluding steroid dienone is 2. The van der Waals surface area contributed by atoms with E-state index in [0.717, 1.165) is 18.5 Å². The lowest BCUT2D eigenvalue weighted by Gasteiger charge is -2.35. The average molecular weight is 276 g/mol. The normalized spacial score (nSPS) is 22.9. The SMILES string of the molecule is CC1=C([N+](CC#N)C(=O)C(C)(C)C)CC(C)(C)CC1C. The Morgan fingerprint density at radius 1 is 1.45 bits per heavy atom. The summed E-state index contributed by atoms with van der Waals surface area (Å²) in [6.45, 7) is 14.7. The smallest absolute Gasteiger partial charge is 0.224 e. The maximum absolute atomic E-state index is 12.7. The van der Waals surface area contributed by atoms with Gasteiger partial charge in [0.2, 0.25) is 6.54 Å². The molecular formula is C17H28N2O+. The van der Waals surface area contributed by atoms with Gasteiger partial charge in [-0.1, -0.05) is 25.7 Å². The van der Waals surface area contributed by atoms with Crippen LogP contribution in [0.4, 0.5) is 0 Å². The van der Waals surface area contributed by atoms with E-state index in [1.165, 1.54) is 5.57 Å². The predicted octanol–water partition coefficient (Wildman–Crippen LogP) is 3.95. The molecule has 0 fully saturated rings. The number of nitrogens with zero attached hydrogens (tertiary/aromatic N) is 2. The third kappa shape index (κ3) is 3.70. The molecule has 3 heteroatoms. The van der Waals surface area contributed by atoms with E-state index >= 15 is 0 Å². The largest absolute Gasteiger partial charge is 0.372 e. The Morgan fingerprint density at radius 3 is 2.45 bits per heavy atom. The summed E-state index contributed by atoms with van der Waals surface area (Å²) in [4.78, 5) is 14.4. The van der Waals surface area contributed by atoms with Crippen LogP contribution in [0.2, 0.25) is 0 Å². The molecule has 1 rings (SSSR count). The zero-order valence-electron chi connectivity index (χ0n) is 14.0. The van der Waals surface area contributed by atoms with Gasteiger partial charge in [-0.05, 0) is 51.0 Å². The molecule has 0 aromatic heterocycles. The van der Waals surface area contributed by atoms with Gasteiger partial charge in [0.1, 0.15) is 6.07 Å². The molecule has 3 nitrogen and oxygen atoms in total. The zero-order chi connectivity index (χ0) is 15.7. The topological polar surface area (TPSA) is 46.8 Å². The minimum atomic E-state index is -0.463. The fraction of sp³-hybridized carbons (Fsp3) is 0.765. The Morgan fingerprint density at radius 2 is 2.00 bits per heavy atom. The first-order chi connectivity index (χ1) is 8.99. The number of hydrogen-bond donors (Lipinski definition) is 0. The minimum absolute atomic E-state index is 0.0401. The van der Waals surface area contributed by atoms with E-state index in [1.807, 2.05) is 20.8 Å². The van der Waals surface area contributed by atoms with E-state index in [1.54, 1.807) is 4.90 Å². The number of carbonyl (C=O) groups is 1. The molecule has 0 aromatic carbocycles. The van der Waals surface area contributed by atoms with E-state index in [2.05, 4.69) is 33.8 Å².